The Labute approximate surface area is 110 Å². The summed E-state index contributed by atoms with van der Waals surface area (Å²) in [6.45, 7) is 0.834. The highest BCUT2D eigenvalue weighted by molar-refractivity contribution is 7.12. The van der Waals surface area contributed by atoms with Gasteiger partial charge in [-0.25, -0.2) is 0 Å². The van der Waals surface area contributed by atoms with Crippen molar-refractivity contribution >= 4 is 17.2 Å². The SMILES string of the molecule is O=C(c1cccs1)N1CCCC[C@H]1c1ccn[nH]1. The van der Waals surface area contributed by atoms with Crippen LogP contribution in [0.3, 0.4) is 0 Å². The maximum absolute atomic E-state index is 12.5. The summed E-state index contributed by atoms with van der Waals surface area (Å²) in [5.74, 6) is 0.143. The molecule has 0 bridgehead atoms. The molecule has 0 saturated carbocycles. The topological polar surface area (TPSA) is 49.0 Å². The first-order chi connectivity index (χ1) is 8.86. The van der Waals surface area contributed by atoms with Crippen molar-refractivity contribution in [2.75, 3.05) is 6.54 Å². The van der Waals surface area contributed by atoms with Crippen LogP contribution >= 0.6 is 11.3 Å². The van der Waals surface area contributed by atoms with Crippen LogP contribution in [-0.4, -0.2) is 27.5 Å². The molecule has 94 valence electrons. The van der Waals surface area contributed by atoms with E-state index in [9.17, 15) is 4.79 Å². The highest BCUT2D eigenvalue weighted by Gasteiger charge is 2.29. The summed E-state index contributed by atoms with van der Waals surface area (Å²) >= 11 is 1.51. The molecule has 4 nitrogen and oxygen atoms in total. The van der Waals surface area contributed by atoms with Crippen molar-refractivity contribution in [1.82, 2.24) is 15.1 Å². The van der Waals surface area contributed by atoms with Gasteiger partial charge in [0.15, 0.2) is 0 Å². The van der Waals surface area contributed by atoms with Crippen LogP contribution < -0.4 is 0 Å². The minimum atomic E-state index is 0.143. The number of piperidine rings is 1. The van der Waals surface area contributed by atoms with E-state index >= 15 is 0 Å². The zero-order chi connectivity index (χ0) is 12.4. The molecule has 18 heavy (non-hydrogen) atoms. The largest absolute Gasteiger partial charge is 0.329 e. The van der Waals surface area contributed by atoms with Crippen molar-refractivity contribution in [1.29, 1.82) is 0 Å². The van der Waals surface area contributed by atoms with Gasteiger partial charge in [-0.3, -0.25) is 9.89 Å². The number of amides is 1. The summed E-state index contributed by atoms with van der Waals surface area (Å²) in [6, 6.07) is 5.93. The van der Waals surface area contributed by atoms with Crippen LogP contribution in [0.1, 0.15) is 40.7 Å². The molecule has 3 rings (SSSR count). The molecule has 0 spiro atoms. The number of nitrogens with zero attached hydrogens (tertiary/aromatic N) is 2. The van der Waals surface area contributed by atoms with Crippen LogP contribution in [0.25, 0.3) is 0 Å². The number of aromatic amines is 1. The Morgan fingerprint density at radius 1 is 1.44 bits per heavy atom. The van der Waals surface area contributed by atoms with Crippen molar-refractivity contribution in [3.05, 3.63) is 40.3 Å². The molecule has 0 unspecified atom stereocenters. The summed E-state index contributed by atoms with van der Waals surface area (Å²) in [5.41, 5.74) is 1.04. The number of thiophene rings is 1. The van der Waals surface area contributed by atoms with E-state index in [0.717, 1.165) is 36.4 Å². The molecule has 3 heterocycles. The zero-order valence-corrected chi connectivity index (χ0v) is 10.8. The number of aromatic nitrogens is 2. The number of nitrogens with one attached hydrogen (secondary N) is 1. The molecular formula is C13H15N3OS. The molecule has 1 fully saturated rings. The fourth-order valence-electron chi connectivity index (χ4n) is 2.49. The number of carbonyl (C=O) groups is 1. The Morgan fingerprint density at radius 3 is 3.11 bits per heavy atom. The molecule has 0 radical (unpaired) electrons. The van der Waals surface area contributed by atoms with Crippen molar-refractivity contribution < 1.29 is 4.79 Å². The molecule has 0 aliphatic carbocycles. The summed E-state index contributed by atoms with van der Waals surface area (Å²) in [6.07, 6.45) is 5.01. The van der Waals surface area contributed by atoms with Crippen molar-refractivity contribution in [3.63, 3.8) is 0 Å². The van der Waals surface area contributed by atoms with Crippen LogP contribution in [0, 0.1) is 0 Å². The van der Waals surface area contributed by atoms with Gasteiger partial charge >= 0.3 is 0 Å². The van der Waals surface area contributed by atoms with Gasteiger partial charge in [-0.15, -0.1) is 11.3 Å². The third-order valence-corrected chi connectivity index (χ3v) is 4.23. The van der Waals surface area contributed by atoms with Gasteiger partial charge in [0, 0.05) is 12.7 Å². The van der Waals surface area contributed by atoms with Gasteiger partial charge in [0.05, 0.1) is 16.6 Å². The predicted molar refractivity (Wildman–Crippen MR) is 70.5 cm³/mol. The number of likely N-dealkylation sites (tertiary alicyclic amines) is 1. The van der Waals surface area contributed by atoms with E-state index < -0.39 is 0 Å². The van der Waals surface area contributed by atoms with Crippen LogP contribution in [0.4, 0.5) is 0 Å². The average molecular weight is 261 g/mol. The molecular weight excluding hydrogens is 246 g/mol. The lowest BCUT2D eigenvalue weighted by molar-refractivity contribution is 0.0611. The van der Waals surface area contributed by atoms with Gasteiger partial charge in [-0.2, -0.15) is 5.10 Å². The van der Waals surface area contributed by atoms with Crippen LogP contribution in [0.5, 0.6) is 0 Å². The highest BCUT2D eigenvalue weighted by Crippen LogP contribution is 2.31. The van der Waals surface area contributed by atoms with E-state index in [4.69, 9.17) is 0 Å². The first kappa shape index (κ1) is 11.5. The summed E-state index contributed by atoms with van der Waals surface area (Å²) in [4.78, 5) is 15.3. The minimum Gasteiger partial charge on any atom is -0.329 e. The van der Waals surface area contributed by atoms with Crippen LogP contribution in [0.15, 0.2) is 29.8 Å². The molecule has 5 heteroatoms. The minimum absolute atomic E-state index is 0.143. The number of hydrogen-bond donors (Lipinski definition) is 1. The summed E-state index contributed by atoms with van der Waals surface area (Å²) in [7, 11) is 0. The van der Waals surface area contributed by atoms with Gasteiger partial charge in [0.2, 0.25) is 0 Å². The molecule has 2 aromatic rings. The van der Waals surface area contributed by atoms with E-state index in [2.05, 4.69) is 10.2 Å². The fraction of sp³-hybridized carbons (Fsp3) is 0.385. The monoisotopic (exact) mass is 261 g/mol. The van der Waals surface area contributed by atoms with Gasteiger partial charge < -0.3 is 4.90 Å². The molecule has 1 saturated heterocycles. The Hall–Kier alpha value is -1.62. The Bertz CT molecular complexity index is 506. The van der Waals surface area contributed by atoms with Crippen LogP contribution in [0.2, 0.25) is 0 Å². The molecule has 1 atom stereocenters. The highest BCUT2D eigenvalue weighted by atomic mass is 32.1. The summed E-state index contributed by atoms with van der Waals surface area (Å²) in [5, 5.41) is 8.94. The number of hydrogen-bond acceptors (Lipinski definition) is 3. The molecule has 0 aromatic carbocycles. The molecule has 1 aliphatic heterocycles. The Balaban J connectivity index is 1.86. The van der Waals surface area contributed by atoms with Gasteiger partial charge in [-0.05, 0) is 36.8 Å². The number of rotatable bonds is 2. The Kier molecular flexibility index (Phi) is 3.15. The normalized spacial score (nSPS) is 20.0. The van der Waals surface area contributed by atoms with E-state index in [1.165, 1.54) is 11.3 Å². The first-order valence-electron chi connectivity index (χ1n) is 6.20. The quantitative estimate of drug-likeness (QED) is 0.903. The van der Waals surface area contributed by atoms with Crippen molar-refractivity contribution in [2.45, 2.75) is 25.3 Å². The molecule has 1 amide bonds. The lowest BCUT2D eigenvalue weighted by atomic mass is 9.99. The third kappa shape index (κ3) is 2.06. The maximum Gasteiger partial charge on any atom is 0.264 e. The second kappa shape index (κ2) is 4.94. The van der Waals surface area contributed by atoms with E-state index in [-0.39, 0.29) is 11.9 Å². The summed E-state index contributed by atoms with van der Waals surface area (Å²) < 4.78 is 0. The lowest BCUT2D eigenvalue weighted by Crippen LogP contribution is -2.38. The van der Waals surface area contributed by atoms with Crippen LogP contribution in [-0.2, 0) is 0 Å². The smallest absolute Gasteiger partial charge is 0.264 e. The van der Waals surface area contributed by atoms with E-state index in [0.29, 0.717) is 0 Å². The van der Waals surface area contributed by atoms with Gasteiger partial charge in [-0.1, -0.05) is 6.07 Å². The first-order valence-corrected chi connectivity index (χ1v) is 7.08. The maximum atomic E-state index is 12.5. The number of carbonyl (C=O) groups excluding carboxylic acids is 1. The second-order valence-electron chi connectivity index (χ2n) is 4.50. The fourth-order valence-corrected chi connectivity index (χ4v) is 3.17. The van der Waals surface area contributed by atoms with Crippen molar-refractivity contribution in [2.24, 2.45) is 0 Å². The average Bonchev–Trinajstić information content (AvgIpc) is 3.11. The van der Waals surface area contributed by atoms with Gasteiger partial charge in [0.25, 0.3) is 5.91 Å². The zero-order valence-electron chi connectivity index (χ0n) is 10.0. The molecule has 1 aliphatic rings. The van der Waals surface area contributed by atoms with E-state index in [1.54, 1.807) is 6.20 Å². The van der Waals surface area contributed by atoms with E-state index in [1.807, 2.05) is 28.5 Å². The second-order valence-corrected chi connectivity index (χ2v) is 5.45. The standard InChI is InChI=1S/C13H15N3OS/c17-13(12-5-3-9-18-12)16-8-2-1-4-11(16)10-6-7-14-15-10/h3,5-7,9,11H,1-2,4,8H2,(H,14,15)/t11-/m0/s1. The van der Waals surface area contributed by atoms with Gasteiger partial charge in [0.1, 0.15) is 0 Å². The Morgan fingerprint density at radius 2 is 2.39 bits per heavy atom. The molecule has 1 N–H and O–H groups in total. The predicted octanol–water partition coefficient (Wildman–Crippen LogP) is 2.84. The van der Waals surface area contributed by atoms with Crippen molar-refractivity contribution in [3.8, 4) is 0 Å². The lowest BCUT2D eigenvalue weighted by Gasteiger charge is -2.34. The molecule has 2 aromatic heterocycles. The number of H-pyrrole nitrogens is 1. The third-order valence-electron chi connectivity index (χ3n) is 3.38.